The zero-order valence-electron chi connectivity index (χ0n) is 16.2. The summed E-state index contributed by atoms with van der Waals surface area (Å²) in [5.74, 6) is 0.313. The molecule has 0 saturated carbocycles. The van der Waals surface area contributed by atoms with Crippen molar-refractivity contribution in [3.05, 3.63) is 42.2 Å². The van der Waals surface area contributed by atoms with Crippen LogP contribution in [-0.2, 0) is 4.74 Å². The van der Waals surface area contributed by atoms with Crippen molar-refractivity contribution in [2.24, 2.45) is 0 Å². The molecule has 0 unspecified atom stereocenters. The molecule has 3 heterocycles. The van der Waals surface area contributed by atoms with Crippen LogP contribution in [0.5, 0.6) is 5.75 Å². The van der Waals surface area contributed by atoms with Gasteiger partial charge < -0.3 is 15.2 Å². The summed E-state index contributed by atoms with van der Waals surface area (Å²) >= 11 is 0. The zero-order chi connectivity index (χ0) is 20.6. The van der Waals surface area contributed by atoms with Gasteiger partial charge in [0.1, 0.15) is 11.4 Å². The van der Waals surface area contributed by atoms with Gasteiger partial charge >= 0.3 is 0 Å². The molecule has 29 heavy (non-hydrogen) atoms. The fourth-order valence-corrected chi connectivity index (χ4v) is 3.50. The number of ether oxygens (including phenoxy) is 1. The molecule has 2 aromatic heterocycles. The number of phenols is 1. The smallest absolute Gasteiger partial charge is 0.263 e. The highest BCUT2D eigenvalue weighted by Gasteiger charge is 2.28. The number of hydrogen-bond donors (Lipinski definition) is 2. The van der Waals surface area contributed by atoms with Crippen molar-refractivity contribution in [3.63, 3.8) is 0 Å². The predicted octanol–water partition coefficient (Wildman–Crippen LogP) is 4.70. The van der Waals surface area contributed by atoms with Gasteiger partial charge in [0, 0.05) is 34.3 Å². The first kappa shape index (κ1) is 19.4. The lowest BCUT2D eigenvalue weighted by atomic mass is 9.95. The molecule has 1 aliphatic rings. The Hall–Kier alpha value is -2.87. The highest BCUT2D eigenvalue weighted by Crippen LogP contribution is 2.36. The minimum atomic E-state index is -2.66. The molecule has 6 nitrogen and oxygen atoms in total. The van der Waals surface area contributed by atoms with E-state index in [1.807, 2.05) is 0 Å². The van der Waals surface area contributed by atoms with E-state index in [4.69, 9.17) is 4.74 Å². The van der Waals surface area contributed by atoms with Crippen LogP contribution in [0.3, 0.4) is 0 Å². The molecule has 8 heteroatoms. The van der Waals surface area contributed by atoms with Gasteiger partial charge in [0.25, 0.3) is 6.43 Å². The van der Waals surface area contributed by atoms with Gasteiger partial charge in [-0.05, 0) is 44.9 Å². The summed E-state index contributed by atoms with van der Waals surface area (Å²) in [6.45, 7) is 4.71. The Labute approximate surface area is 166 Å². The van der Waals surface area contributed by atoms with E-state index in [2.05, 4.69) is 34.3 Å². The van der Waals surface area contributed by atoms with Crippen molar-refractivity contribution in [2.45, 2.75) is 44.8 Å². The molecule has 1 saturated heterocycles. The summed E-state index contributed by atoms with van der Waals surface area (Å²) in [6.07, 6.45) is 2.50. The third kappa shape index (κ3) is 3.98. The maximum Gasteiger partial charge on any atom is 0.263 e. The molecule has 2 N–H and O–H groups in total. The fourth-order valence-electron chi connectivity index (χ4n) is 3.50. The molecular formula is C21H22F2N4O2. The van der Waals surface area contributed by atoms with Crippen LogP contribution in [0.15, 0.2) is 36.7 Å². The molecule has 0 radical (unpaired) electrons. The molecule has 1 aromatic carbocycles. The molecule has 0 amide bonds. The van der Waals surface area contributed by atoms with Crippen LogP contribution < -0.4 is 5.32 Å². The van der Waals surface area contributed by atoms with Gasteiger partial charge in [-0.1, -0.05) is 6.07 Å². The molecule has 0 bridgehead atoms. The van der Waals surface area contributed by atoms with E-state index in [9.17, 15) is 13.9 Å². The minimum Gasteiger partial charge on any atom is -0.507 e. The van der Waals surface area contributed by atoms with E-state index >= 15 is 0 Å². The number of aromatic nitrogens is 3. The first-order valence-electron chi connectivity index (χ1n) is 9.46. The van der Waals surface area contributed by atoms with Gasteiger partial charge in [-0.25, -0.2) is 8.78 Å². The zero-order valence-corrected chi connectivity index (χ0v) is 16.2. The average molecular weight is 400 g/mol. The second-order valence-corrected chi connectivity index (χ2v) is 7.85. The SMILES string of the molecule is CC1(C)CC[C@H](Nc2nnc(-c3ccc(C(F)F)cc3O)c3ccncc23)CO1. The molecule has 1 fully saturated rings. The molecule has 0 spiro atoms. The number of pyridine rings is 1. The number of alkyl halides is 2. The van der Waals surface area contributed by atoms with Crippen molar-refractivity contribution in [1.82, 2.24) is 15.2 Å². The number of halogens is 2. The van der Waals surface area contributed by atoms with E-state index in [0.717, 1.165) is 29.7 Å². The van der Waals surface area contributed by atoms with Crippen molar-refractivity contribution < 1.29 is 18.6 Å². The number of nitrogens with one attached hydrogen (secondary N) is 1. The quantitative estimate of drug-likeness (QED) is 0.661. The van der Waals surface area contributed by atoms with Crippen LogP contribution in [0, 0.1) is 0 Å². The minimum absolute atomic E-state index is 0.102. The van der Waals surface area contributed by atoms with Crippen LogP contribution in [0.25, 0.3) is 22.0 Å². The van der Waals surface area contributed by atoms with E-state index in [1.165, 1.54) is 12.1 Å². The van der Waals surface area contributed by atoms with Crippen LogP contribution >= 0.6 is 0 Å². The number of phenolic OH excluding ortho intramolecular Hbond substituents is 1. The normalized spacial score (nSPS) is 18.9. The van der Waals surface area contributed by atoms with Crippen LogP contribution in [0.2, 0.25) is 0 Å². The maximum absolute atomic E-state index is 12.9. The van der Waals surface area contributed by atoms with Crippen LogP contribution in [0.1, 0.15) is 38.7 Å². The van der Waals surface area contributed by atoms with Gasteiger partial charge in [0.15, 0.2) is 5.82 Å². The van der Waals surface area contributed by atoms with Crippen molar-refractivity contribution in [3.8, 4) is 17.0 Å². The lowest BCUT2D eigenvalue weighted by molar-refractivity contribution is -0.0563. The number of nitrogens with zero attached hydrogens (tertiary/aromatic N) is 3. The molecule has 0 aliphatic carbocycles. The summed E-state index contributed by atoms with van der Waals surface area (Å²) in [5, 5.41) is 23.7. The Morgan fingerprint density at radius 1 is 1.21 bits per heavy atom. The van der Waals surface area contributed by atoms with Crippen LogP contribution in [-0.4, -0.2) is 38.5 Å². The summed E-state index contributed by atoms with van der Waals surface area (Å²) in [7, 11) is 0. The van der Waals surface area contributed by atoms with E-state index in [0.29, 0.717) is 23.7 Å². The number of anilines is 1. The van der Waals surface area contributed by atoms with E-state index in [-0.39, 0.29) is 23.0 Å². The number of rotatable bonds is 4. The first-order valence-corrected chi connectivity index (χ1v) is 9.46. The number of fused-ring (bicyclic) bond motifs is 1. The summed E-state index contributed by atoms with van der Waals surface area (Å²) in [6, 6.07) is 5.64. The van der Waals surface area contributed by atoms with Crippen molar-refractivity contribution in [1.29, 1.82) is 0 Å². The molecule has 152 valence electrons. The van der Waals surface area contributed by atoms with Gasteiger partial charge in [-0.3, -0.25) is 4.98 Å². The molecular weight excluding hydrogens is 378 g/mol. The molecule has 4 rings (SSSR count). The highest BCUT2D eigenvalue weighted by atomic mass is 19.3. The first-order chi connectivity index (χ1) is 13.8. The van der Waals surface area contributed by atoms with Gasteiger partial charge in [0.05, 0.1) is 18.2 Å². The topological polar surface area (TPSA) is 80.2 Å². The summed E-state index contributed by atoms with van der Waals surface area (Å²) < 4.78 is 31.7. The van der Waals surface area contributed by atoms with Gasteiger partial charge in [-0.2, -0.15) is 0 Å². The Morgan fingerprint density at radius 2 is 2.03 bits per heavy atom. The number of hydrogen-bond acceptors (Lipinski definition) is 6. The maximum atomic E-state index is 12.9. The standard InChI is InChI=1S/C21H22F2N4O2/c1-21(2)7-5-13(11-29-21)25-20-16-10-24-8-6-14(16)18(26-27-20)15-4-3-12(19(22)23)9-17(15)28/h3-4,6,8-10,13,19,28H,5,7,11H2,1-2H3,(H,25,27)/t13-/m0/s1. The monoisotopic (exact) mass is 400 g/mol. The molecule has 1 atom stereocenters. The van der Waals surface area contributed by atoms with Crippen molar-refractivity contribution >= 4 is 16.6 Å². The number of aromatic hydroxyl groups is 1. The molecule has 3 aromatic rings. The number of benzene rings is 1. The summed E-state index contributed by atoms with van der Waals surface area (Å²) in [4.78, 5) is 4.18. The third-order valence-corrected chi connectivity index (χ3v) is 5.22. The Kier molecular flexibility index (Phi) is 5.04. The lowest BCUT2D eigenvalue weighted by Crippen LogP contribution is -2.40. The Balaban J connectivity index is 1.69. The predicted molar refractivity (Wildman–Crippen MR) is 106 cm³/mol. The van der Waals surface area contributed by atoms with E-state index < -0.39 is 6.43 Å². The van der Waals surface area contributed by atoms with E-state index in [1.54, 1.807) is 18.5 Å². The Morgan fingerprint density at radius 3 is 2.72 bits per heavy atom. The average Bonchev–Trinajstić information content (AvgIpc) is 2.70. The second kappa shape index (κ2) is 7.51. The second-order valence-electron chi connectivity index (χ2n) is 7.85. The van der Waals surface area contributed by atoms with Crippen molar-refractivity contribution in [2.75, 3.05) is 11.9 Å². The highest BCUT2D eigenvalue weighted by molar-refractivity contribution is 6.00. The lowest BCUT2D eigenvalue weighted by Gasteiger charge is -2.35. The van der Waals surface area contributed by atoms with Gasteiger partial charge in [0.2, 0.25) is 0 Å². The fraction of sp³-hybridized carbons (Fsp3) is 0.381. The largest absolute Gasteiger partial charge is 0.507 e. The van der Waals surface area contributed by atoms with Crippen LogP contribution in [0.4, 0.5) is 14.6 Å². The summed E-state index contributed by atoms with van der Waals surface area (Å²) in [5.41, 5.74) is 0.377. The van der Waals surface area contributed by atoms with Gasteiger partial charge in [-0.15, -0.1) is 10.2 Å². The third-order valence-electron chi connectivity index (χ3n) is 5.22. The molecule has 1 aliphatic heterocycles. The Bertz CT molecular complexity index is 1030.